The standard InChI is InChI=1S/C9H8N3O2S/c1-15(13,14)9-4-2-8(3-5-9)12-7-6-10-11-12/h2-6H,1H3. The average molecular weight is 222 g/mol. The molecule has 0 N–H and O–H groups in total. The van der Waals surface area contributed by atoms with E-state index in [0.29, 0.717) is 0 Å². The lowest BCUT2D eigenvalue weighted by Crippen LogP contribution is -1.99. The molecule has 0 unspecified atom stereocenters. The lowest BCUT2D eigenvalue weighted by molar-refractivity contribution is 0.602. The van der Waals surface area contributed by atoms with Crippen LogP contribution in [0.4, 0.5) is 0 Å². The Morgan fingerprint density at radius 2 is 1.93 bits per heavy atom. The van der Waals surface area contributed by atoms with Crippen LogP contribution < -0.4 is 0 Å². The fourth-order valence-corrected chi connectivity index (χ4v) is 1.77. The second-order valence-corrected chi connectivity index (χ2v) is 5.06. The fraction of sp³-hybridized carbons (Fsp3) is 0.111. The largest absolute Gasteiger partial charge is 0.224 e. The van der Waals surface area contributed by atoms with Gasteiger partial charge < -0.3 is 0 Å². The predicted octanol–water partition coefficient (Wildman–Crippen LogP) is 0.471. The molecule has 0 aliphatic rings. The normalized spacial score (nSPS) is 11.5. The van der Waals surface area contributed by atoms with Crippen LogP contribution in [0.25, 0.3) is 5.69 Å². The van der Waals surface area contributed by atoms with Gasteiger partial charge in [-0.1, -0.05) is 5.21 Å². The van der Waals surface area contributed by atoms with E-state index in [9.17, 15) is 8.42 Å². The fourth-order valence-electron chi connectivity index (χ4n) is 1.14. The van der Waals surface area contributed by atoms with Gasteiger partial charge in [0.15, 0.2) is 9.84 Å². The molecule has 1 aromatic heterocycles. The molecule has 0 saturated carbocycles. The molecule has 0 saturated heterocycles. The summed E-state index contributed by atoms with van der Waals surface area (Å²) in [6, 6.07) is 6.36. The van der Waals surface area contributed by atoms with Crippen molar-refractivity contribution in [2.45, 2.75) is 4.90 Å². The molecule has 5 nitrogen and oxygen atoms in total. The molecule has 0 atom stereocenters. The topological polar surface area (TPSA) is 64.8 Å². The molecule has 1 radical (unpaired) electrons. The van der Waals surface area contributed by atoms with E-state index in [1.807, 2.05) is 0 Å². The zero-order chi connectivity index (χ0) is 10.9. The Bertz CT molecular complexity index is 544. The van der Waals surface area contributed by atoms with Gasteiger partial charge in [-0.25, -0.2) is 13.1 Å². The molecule has 0 fully saturated rings. The predicted molar refractivity (Wildman–Crippen MR) is 53.3 cm³/mol. The minimum atomic E-state index is -3.14. The summed E-state index contributed by atoms with van der Waals surface area (Å²) in [5.74, 6) is 0. The zero-order valence-corrected chi connectivity index (χ0v) is 8.77. The lowest BCUT2D eigenvalue weighted by Gasteiger charge is -2.01. The molecule has 0 amide bonds. The van der Waals surface area contributed by atoms with E-state index >= 15 is 0 Å². The Labute approximate surface area is 87.3 Å². The molecular formula is C9H8N3O2S. The van der Waals surface area contributed by atoms with E-state index in [0.717, 1.165) is 5.69 Å². The van der Waals surface area contributed by atoms with Crippen molar-refractivity contribution >= 4 is 9.84 Å². The van der Waals surface area contributed by atoms with Crippen LogP contribution in [0, 0.1) is 6.20 Å². The molecule has 0 spiro atoms. The smallest absolute Gasteiger partial charge is 0.175 e. The Kier molecular flexibility index (Phi) is 2.28. The van der Waals surface area contributed by atoms with Crippen molar-refractivity contribution in [1.82, 2.24) is 15.0 Å². The molecule has 0 aliphatic heterocycles. The highest BCUT2D eigenvalue weighted by atomic mass is 32.2. The summed E-state index contributed by atoms with van der Waals surface area (Å²) in [5, 5.41) is 7.35. The Hall–Kier alpha value is -1.69. The summed E-state index contributed by atoms with van der Waals surface area (Å²) in [6.45, 7) is 0. The van der Waals surface area contributed by atoms with Gasteiger partial charge in [0.25, 0.3) is 0 Å². The highest BCUT2D eigenvalue weighted by Crippen LogP contribution is 2.12. The molecule has 2 rings (SSSR count). The average Bonchev–Trinajstić information content (AvgIpc) is 2.69. The minimum Gasteiger partial charge on any atom is -0.224 e. The highest BCUT2D eigenvalue weighted by Gasteiger charge is 2.06. The Morgan fingerprint density at radius 1 is 1.27 bits per heavy atom. The van der Waals surface area contributed by atoms with Crippen molar-refractivity contribution in [1.29, 1.82) is 0 Å². The van der Waals surface area contributed by atoms with Crippen LogP contribution in [-0.2, 0) is 9.84 Å². The molecule has 1 heterocycles. The van der Waals surface area contributed by atoms with E-state index in [1.54, 1.807) is 12.1 Å². The van der Waals surface area contributed by atoms with Crippen LogP contribution >= 0.6 is 0 Å². The molecular weight excluding hydrogens is 214 g/mol. The molecule has 6 heteroatoms. The summed E-state index contributed by atoms with van der Waals surface area (Å²) in [6.07, 6.45) is 5.36. The third-order valence-corrected chi connectivity index (χ3v) is 3.02. The zero-order valence-electron chi connectivity index (χ0n) is 7.95. The summed E-state index contributed by atoms with van der Waals surface area (Å²) in [4.78, 5) is 0.284. The monoisotopic (exact) mass is 222 g/mol. The van der Waals surface area contributed by atoms with Crippen LogP contribution in [0.2, 0.25) is 0 Å². The van der Waals surface area contributed by atoms with Gasteiger partial charge in [-0.3, -0.25) is 0 Å². The summed E-state index contributed by atoms with van der Waals surface area (Å²) >= 11 is 0. The second kappa shape index (κ2) is 3.47. The van der Waals surface area contributed by atoms with Gasteiger partial charge in [0.05, 0.1) is 16.8 Å². The number of benzene rings is 1. The van der Waals surface area contributed by atoms with E-state index in [2.05, 4.69) is 16.5 Å². The number of aromatic nitrogens is 3. The SMILES string of the molecule is CS(=O)(=O)c1ccc(-n2[c]cnn2)cc1. The molecule has 2 aromatic rings. The molecule has 1 aromatic carbocycles. The summed E-state index contributed by atoms with van der Waals surface area (Å²) in [7, 11) is -3.14. The first-order chi connectivity index (χ1) is 7.07. The third kappa shape index (κ3) is 2.04. The van der Waals surface area contributed by atoms with Crippen molar-refractivity contribution in [2.75, 3.05) is 6.26 Å². The van der Waals surface area contributed by atoms with Gasteiger partial charge in [-0.2, -0.15) is 0 Å². The van der Waals surface area contributed by atoms with Crippen molar-refractivity contribution in [3.63, 3.8) is 0 Å². The summed E-state index contributed by atoms with van der Waals surface area (Å²) in [5.41, 5.74) is 0.722. The van der Waals surface area contributed by atoms with Gasteiger partial charge in [-0.05, 0) is 24.3 Å². The number of nitrogens with zero attached hydrogens (tertiary/aromatic N) is 3. The van der Waals surface area contributed by atoms with Gasteiger partial charge >= 0.3 is 0 Å². The van der Waals surface area contributed by atoms with Crippen LogP contribution in [0.15, 0.2) is 35.4 Å². The van der Waals surface area contributed by atoms with Gasteiger partial charge in [0.1, 0.15) is 6.20 Å². The van der Waals surface area contributed by atoms with Crippen molar-refractivity contribution < 1.29 is 8.42 Å². The van der Waals surface area contributed by atoms with E-state index in [1.165, 1.54) is 29.3 Å². The number of rotatable bonds is 2. The third-order valence-electron chi connectivity index (χ3n) is 1.89. The Balaban J connectivity index is 2.42. The molecule has 0 bridgehead atoms. The molecule has 0 aliphatic carbocycles. The number of sulfone groups is 1. The van der Waals surface area contributed by atoms with Crippen LogP contribution in [-0.4, -0.2) is 29.7 Å². The maximum absolute atomic E-state index is 11.2. The van der Waals surface area contributed by atoms with Gasteiger partial charge in [0, 0.05) is 6.26 Å². The van der Waals surface area contributed by atoms with Gasteiger partial charge in [0.2, 0.25) is 0 Å². The van der Waals surface area contributed by atoms with Crippen LogP contribution in [0.1, 0.15) is 0 Å². The lowest BCUT2D eigenvalue weighted by atomic mass is 10.3. The first kappa shape index (κ1) is 9.85. The maximum Gasteiger partial charge on any atom is 0.175 e. The van der Waals surface area contributed by atoms with E-state index in [-0.39, 0.29) is 4.90 Å². The van der Waals surface area contributed by atoms with Crippen molar-refractivity contribution in [3.8, 4) is 5.69 Å². The van der Waals surface area contributed by atoms with E-state index in [4.69, 9.17) is 0 Å². The highest BCUT2D eigenvalue weighted by molar-refractivity contribution is 7.90. The second-order valence-electron chi connectivity index (χ2n) is 3.04. The molecule has 77 valence electrons. The minimum absolute atomic E-state index is 0.284. The van der Waals surface area contributed by atoms with Gasteiger partial charge in [-0.15, -0.1) is 5.10 Å². The first-order valence-electron chi connectivity index (χ1n) is 4.16. The number of hydrogen-bond donors (Lipinski definition) is 0. The quantitative estimate of drug-likeness (QED) is 0.741. The Morgan fingerprint density at radius 3 is 2.40 bits per heavy atom. The number of hydrogen-bond acceptors (Lipinski definition) is 4. The van der Waals surface area contributed by atoms with Crippen LogP contribution in [0.5, 0.6) is 0 Å². The van der Waals surface area contributed by atoms with Crippen molar-refractivity contribution in [2.24, 2.45) is 0 Å². The van der Waals surface area contributed by atoms with Crippen molar-refractivity contribution in [3.05, 3.63) is 36.7 Å². The first-order valence-corrected chi connectivity index (χ1v) is 6.05. The van der Waals surface area contributed by atoms with E-state index < -0.39 is 9.84 Å². The summed E-state index contributed by atoms with van der Waals surface area (Å²) < 4.78 is 23.8. The van der Waals surface area contributed by atoms with Crippen LogP contribution in [0.3, 0.4) is 0 Å². The molecule has 15 heavy (non-hydrogen) atoms. The maximum atomic E-state index is 11.2.